The number of thiazole rings is 1. The Morgan fingerprint density at radius 3 is 2.66 bits per heavy atom. The quantitative estimate of drug-likeness (QED) is 0.505. The maximum Gasteiger partial charge on any atom is 0.274 e. The second-order valence-corrected chi connectivity index (χ2v) is 8.98. The summed E-state index contributed by atoms with van der Waals surface area (Å²) in [5, 5.41) is 0.477. The number of hydrogen-bond acceptors (Lipinski definition) is 5. The van der Waals surface area contributed by atoms with Crippen molar-refractivity contribution in [1.29, 1.82) is 0 Å². The van der Waals surface area contributed by atoms with Gasteiger partial charge < -0.3 is 9.64 Å². The number of halogens is 2. The molecule has 4 nitrogen and oxygen atoms in total. The van der Waals surface area contributed by atoms with Crippen LogP contribution in [0.25, 0.3) is 10.2 Å². The number of ether oxygens (including phenoxy) is 1. The van der Waals surface area contributed by atoms with Crippen LogP contribution in [0, 0.1) is 11.6 Å². The summed E-state index contributed by atoms with van der Waals surface area (Å²) in [6.45, 7) is 1.29. The number of aromatic nitrogens is 1. The van der Waals surface area contributed by atoms with Crippen molar-refractivity contribution in [1.82, 2.24) is 9.88 Å². The highest BCUT2D eigenvalue weighted by Crippen LogP contribution is 2.31. The van der Waals surface area contributed by atoms with Gasteiger partial charge in [0.15, 0.2) is 0 Å². The molecule has 0 unspecified atom stereocenters. The molecule has 1 aliphatic heterocycles. The first-order chi connectivity index (χ1) is 14.1. The molecule has 152 valence electrons. The van der Waals surface area contributed by atoms with Crippen molar-refractivity contribution in [3.8, 4) is 5.19 Å². The van der Waals surface area contributed by atoms with Crippen LogP contribution in [0.1, 0.15) is 19.3 Å². The summed E-state index contributed by atoms with van der Waals surface area (Å²) in [6.07, 6.45) is 1.89. The molecule has 1 fully saturated rings. The number of piperidine rings is 1. The number of amides is 1. The van der Waals surface area contributed by atoms with Crippen molar-refractivity contribution in [2.24, 2.45) is 0 Å². The standard InChI is InChI=1S/C21H20F2N2O2S2/c22-14-4-6-16(7-5-14)28-13-10-19(26)25-11-8-15(9-12-25)27-21-24-20-17(23)2-1-3-18(20)29-21/h1-7,15H,8-13H2. The fraction of sp³-hybridized carbons (Fsp3) is 0.333. The lowest BCUT2D eigenvalue weighted by molar-refractivity contribution is -0.132. The molecule has 0 aliphatic carbocycles. The molecule has 1 amide bonds. The smallest absolute Gasteiger partial charge is 0.274 e. The van der Waals surface area contributed by atoms with Gasteiger partial charge in [0.2, 0.25) is 5.91 Å². The van der Waals surface area contributed by atoms with Gasteiger partial charge in [-0.05, 0) is 36.4 Å². The van der Waals surface area contributed by atoms with Gasteiger partial charge in [-0.15, -0.1) is 11.8 Å². The predicted molar refractivity (Wildman–Crippen MR) is 112 cm³/mol. The van der Waals surface area contributed by atoms with Crippen LogP contribution in [0.15, 0.2) is 47.4 Å². The molecule has 0 radical (unpaired) electrons. The van der Waals surface area contributed by atoms with E-state index >= 15 is 0 Å². The summed E-state index contributed by atoms with van der Waals surface area (Å²) >= 11 is 2.89. The highest BCUT2D eigenvalue weighted by molar-refractivity contribution is 7.99. The molecule has 0 bridgehead atoms. The molecule has 0 spiro atoms. The third kappa shape index (κ3) is 5.05. The van der Waals surface area contributed by atoms with Crippen molar-refractivity contribution in [2.45, 2.75) is 30.3 Å². The Kier molecular flexibility index (Phi) is 6.30. The Morgan fingerprint density at radius 1 is 1.17 bits per heavy atom. The monoisotopic (exact) mass is 434 g/mol. The molecule has 4 rings (SSSR count). The van der Waals surface area contributed by atoms with E-state index in [2.05, 4.69) is 4.98 Å². The van der Waals surface area contributed by atoms with E-state index in [4.69, 9.17) is 4.74 Å². The van der Waals surface area contributed by atoms with Crippen LogP contribution < -0.4 is 4.74 Å². The number of benzene rings is 2. The molecule has 1 aromatic heterocycles. The lowest BCUT2D eigenvalue weighted by atomic mass is 10.1. The Morgan fingerprint density at radius 2 is 1.93 bits per heavy atom. The number of carbonyl (C=O) groups excluding carboxylic acids is 1. The van der Waals surface area contributed by atoms with Gasteiger partial charge in [-0.1, -0.05) is 17.4 Å². The van der Waals surface area contributed by atoms with E-state index in [1.54, 1.807) is 30.0 Å². The van der Waals surface area contributed by atoms with Gasteiger partial charge in [0.25, 0.3) is 5.19 Å². The molecule has 0 atom stereocenters. The zero-order chi connectivity index (χ0) is 20.2. The molecule has 3 aromatic rings. The summed E-state index contributed by atoms with van der Waals surface area (Å²) in [5.41, 5.74) is 0.346. The van der Waals surface area contributed by atoms with E-state index in [1.807, 2.05) is 11.0 Å². The summed E-state index contributed by atoms with van der Waals surface area (Å²) in [7, 11) is 0. The van der Waals surface area contributed by atoms with E-state index < -0.39 is 0 Å². The number of rotatable bonds is 6. The maximum atomic E-state index is 13.8. The van der Waals surface area contributed by atoms with Gasteiger partial charge in [-0.2, -0.15) is 4.98 Å². The number of nitrogens with zero attached hydrogens (tertiary/aromatic N) is 2. The SMILES string of the molecule is O=C(CCSc1ccc(F)cc1)N1CCC(Oc2nc3c(F)cccc3s2)CC1. The lowest BCUT2D eigenvalue weighted by Gasteiger charge is -2.31. The Balaban J connectivity index is 1.22. The summed E-state index contributed by atoms with van der Waals surface area (Å²) in [4.78, 5) is 19.5. The molecule has 0 N–H and O–H groups in total. The number of hydrogen-bond donors (Lipinski definition) is 0. The number of carbonyl (C=O) groups is 1. The Hall–Kier alpha value is -2.19. The largest absolute Gasteiger partial charge is 0.467 e. The van der Waals surface area contributed by atoms with Crippen LogP contribution in [-0.2, 0) is 4.79 Å². The molecule has 1 saturated heterocycles. The summed E-state index contributed by atoms with van der Waals surface area (Å²) in [6, 6.07) is 11.2. The first-order valence-corrected chi connectivity index (χ1v) is 11.3. The van der Waals surface area contributed by atoms with Gasteiger partial charge in [0, 0.05) is 43.0 Å². The minimum absolute atomic E-state index is 0.0173. The molecule has 2 aromatic carbocycles. The van der Waals surface area contributed by atoms with Crippen LogP contribution in [0.4, 0.5) is 8.78 Å². The zero-order valence-corrected chi connectivity index (χ0v) is 17.3. The van der Waals surface area contributed by atoms with Gasteiger partial charge in [-0.25, -0.2) is 8.78 Å². The first-order valence-electron chi connectivity index (χ1n) is 9.46. The molecule has 8 heteroatoms. The number of likely N-dealkylation sites (tertiary alicyclic amines) is 1. The third-order valence-electron chi connectivity index (χ3n) is 4.81. The zero-order valence-electron chi connectivity index (χ0n) is 15.6. The van der Waals surface area contributed by atoms with Crippen LogP contribution >= 0.6 is 23.1 Å². The van der Waals surface area contributed by atoms with E-state index in [0.717, 1.165) is 22.4 Å². The predicted octanol–water partition coefficient (Wildman–Crippen LogP) is 5.13. The van der Waals surface area contributed by atoms with Gasteiger partial charge in [-0.3, -0.25) is 4.79 Å². The Labute approximate surface area is 175 Å². The molecule has 1 aliphatic rings. The summed E-state index contributed by atoms with van der Waals surface area (Å²) < 4.78 is 33.4. The summed E-state index contributed by atoms with van der Waals surface area (Å²) in [5.74, 6) is 0.192. The minimum Gasteiger partial charge on any atom is -0.467 e. The van der Waals surface area contributed by atoms with E-state index in [1.165, 1.54) is 29.5 Å². The number of fused-ring (bicyclic) bond motifs is 1. The Bertz CT molecular complexity index is 986. The number of para-hydroxylation sites is 1. The molecule has 2 heterocycles. The topological polar surface area (TPSA) is 42.4 Å². The third-order valence-corrected chi connectivity index (χ3v) is 6.74. The molecular weight excluding hydrogens is 414 g/mol. The molecule has 0 saturated carbocycles. The van der Waals surface area contributed by atoms with Crippen LogP contribution in [0.3, 0.4) is 0 Å². The van der Waals surface area contributed by atoms with E-state index in [-0.39, 0.29) is 23.6 Å². The van der Waals surface area contributed by atoms with Crippen molar-refractivity contribution >= 4 is 39.2 Å². The minimum atomic E-state index is -0.340. The fourth-order valence-corrected chi connectivity index (χ4v) is 4.99. The molecular formula is C21H20F2N2O2S2. The van der Waals surface area contributed by atoms with Gasteiger partial charge >= 0.3 is 0 Å². The van der Waals surface area contributed by atoms with Crippen LogP contribution in [0.5, 0.6) is 5.19 Å². The fourth-order valence-electron chi connectivity index (χ4n) is 3.26. The van der Waals surface area contributed by atoms with Crippen molar-refractivity contribution in [3.05, 3.63) is 54.1 Å². The lowest BCUT2D eigenvalue weighted by Crippen LogP contribution is -2.41. The van der Waals surface area contributed by atoms with Crippen molar-refractivity contribution < 1.29 is 18.3 Å². The maximum absolute atomic E-state index is 13.8. The van der Waals surface area contributed by atoms with E-state index in [0.29, 0.717) is 36.0 Å². The second kappa shape index (κ2) is 9.09. The second-order valence-electron chi connectivity index (χ2n) is 6.82. The molecule has 29 heavy (non-hydrogen) atoms. The highest BCUT2D eigenvalue weighted by atomic mass is 32.2. The van der Waals surface area contributed by atoms with Crippen LogP contribution in [-0.4, -0.2) is 40.7 Å². The van der Waals surface area contributed by atoms with Crippen molar-refractivity contribution in [3.63, 3.8) is 0 Å². The average Bonchev–Trinajstić information content (AvgIpc) is 3.14. The average molecular weight is 435 g/mol. The first kappa shape index (κ1) is 20.1. The number of thioether (sulfide) groups is 1. The van der Waals surface area contributed by atoms with Crippen molar-refractivity contribution in [2.75, 3.05) is 18.8 Å². The van der Waals surface area contributed by atoms with Gasteiger partial charge in [0.1, 0.15) is 23.3 Å². The van der Waals surface area contributed by atoms with Gasteiger partial charge in [0.05, 0.1) is 4.70 Å². The highest BCUT2D eigenvalue weighted by Gasteiger charge is 2.24. The van der Waals surface area contributed by atoms with Crippen LogP contribution in [0.2, 0.25) is 0 Å². The normalized spacial score (nSPS) is 15.0. The van der Waals surface area contributed by atoms with E-state index in [9.17, 15) is 13.6 Å².